The first-order chi connectivity index (χ1) is 16.9. The minimum Gasteiger partial charge on any atom is -0.460 e. The van der Waals surface area contributed by atoms with Gasteiger partial charge in [-0.25, -0.2) is 18.6 Å². The van der Waals surface area contributed by atoms with E-state index in [0.717, 1.165) is 12.1 Å². The van der Waals surface area contributed by atoms with Crippen LogP contribution in [0.25, 0.3) is 0 Å². The third-order valence-corrected chi connectivity index (χ3v) is 6.39. The van der Waals surface area contributed by atoms with Gasteiger partial charge in [-0.2, -0.15) is 8.42 Å². The van der Waals surface area contributed by atoms with E-state index in [1.54, 1.807) is 6.92 Å². The van der Waals surface area contributed by atoms with E-state index in [9.17, 15) is 27.0 Å². The molecule has 0 N–H and O–H groups in total. The summed E-state index contributed by atoms with van der Waals surface area (Å²) in [6.45, 7) is 14.6. The second-order valence-corrected chi connectivity index (χ2v) is 9.55. The summed E-state index contributed by atoms with van der Waals surface area (Å²) in [7, 11) is -4.71. The molecule has 0 bridgehead atoms. The highest BCUT2D eigenvalue weighted by atomic mass is 32.2. The minimum absolute atomic E-state index is 0.00570. The van der Waals surface area contributed by atoms with Crippen molar-refractivity contribution in [3.8, 4) is 0 Å². The molecular weight excluding hydrogens is 540 g/mol. The van der Waals surface area contributed by atoms with E-state index in [0.29, 0.717) is 12.0 Å². The number of carbonyl (C=O) groups excluding carboxylic acids is 3. The Labute approximate surface area is 215 Å². The molecule has 0 spiro atoms. The van der Waals surface area contributed by atoms with Crippen LogP contribution in [0.1, 0.15) is 20.8 Å². The standard InChI is InChI=1S/C21H24O12S3/c1-7-28-19(22)13(4)31-34-16-10-17(35(25)32-14(5)20(23)29-8-2)12-18(11-16)36(26,27)33-15(6)21(24)30-9-3/h10-12H,4-9H2,1-3H3. The Morgan fingerprint density at radius 1 is 0.833 bits per heavy atom. The van der Waals surface area contributed by atoms with Gasteiger partial charge in [0.05, 0.1) is 41.7 Å². The van der Waals surface area contributed by atoms with Crippen molar-refractivity contribution in [1.82, 2.24) is 0 Å². The van der Waals surface area contributed by atoms with E-state index in [2.05, 4.69) is 24.5 Å². The Balaban J connectivity index is 3.33. The van der Waals surface area contributed by atoms with E-state index >= 15 is 0 Å². The van der Waals surface area contributed by atoms with Crippen molar-refractivity contribution >= 4 is 51.1 Å². The summed E-state index contributed by atoms with van der Waals surface area (Å²) < 4.78 is 67.1. The molecule has 1 aromatic rings. The molecule has 1 rings (SSSR count). The number of hydrogen-bond acceptors (Lipinski definition) is 13. The second kappa shape index (κ2) is 14.3. The zero-order valence-corrected chi connectivity index (χ0v) is 22.0. The molecule has 1 aromatic carbocycles. The Kier molecular flexibility index (Phi) is 12.2. The Hall–Kier alpha value is -3.30. The van der Waals surface area contributed by atoms with E-state index in [1.165, 1.54) is 19.9 Å². The van der Waals surface area contributed by atoms with Gasteiger partial charge in [0.1, 0.15) is 4.90 Å². The van der Waals surface area contributed by atoms with Crippen molar-refractivity contribution in [2.75, 3.05) is 19.8 Å². The SMILES string of the molecule is C=C(OSc1cc(S(=O)OC(=C)C(=O)OCC)cc(S(=O)(=O)OC(=C)C(=O)OCC)c1)C(=O)OCC. The zero-order chi connectivity index (χ0) is 27.5. The molecular formula is C21H24O12S3. The number of carbonyl (C=O) groups is 3. The molecule has 1 atom stereocenters. The molecule has 36 heavy (non-hydrogen) atoms. The third kappa shape index (κ3) is 9.39. The summed E-state index contributed by atoms with van der Waals surface area (Å²) in [5.74, 6) is -4.78. The van der Waals surface area contributed by atoms with E-state index < -0.39 is 61.3 Å². The lowest BCUT2D eigenvalue weighted by molar-refractivity contribution is -0.141. The molecule has 0 aliphatic rings. The summed E-state index contributed by atoms with van der Waals surface area (Å²) in [4.78, 5) is 34.2. The predicted octanol–water partition coefficient (Wildman–Crippen LogP) is 2.69. The maximum Gasteiger partial charge on any atom is 0.374 e. The number of rotatable bonds is 15. The molecule has 0 saturated carbocycles. The lowest BCUT2D eigenvalue weighted by atomic mass is 10.4. The topological polar surface area (TPSA) is 158 Å². The van der Waals surface area contributed by atoms with Crippen molar-refractivity contribution in [1.29, 1.82) is 0 Å². The molecule has 1 unspecified atom stereocenters. The fourth-order valence-electron chi connectivity index (χ4n) is 1.99. The van der Waals surface area contributed by atoms with Gasteiger partial charge in [-0.1, -0.05) is 0 Å². The van der Waals surface area contributed by atoms with Crippen LogP contribution in [0.4, 0.5) is 0 Å². The van der Waals surface area contributed by atoms with Gasteiger partial charge in [0, 0.05) is 0 Å². The lowest BCUT2D eigenvalue weighted by Crippen LogP contribution is -2.15. The Morgan fingerprint density at radius 3 is 1.86 bits per heavy atom. The Morgan fingerprint density at radius 2 is 1.33 bits per heavy atom. The van der Waals surface area contributed by atoms with Gasteiger partial charge in [-0.05, 0) is 58.7 Å². The number of ether oxygens (including phenoxy) is 3. The molecule has 0 radical (unpaired) electrons. The molecule has 0 aliphatic heterocycles. The number of hydrogen-bond donors (Lipinski definition) is 0. The number of esters is 3. The van der Waals surface area contributed by atoms with Crippen LogP contribution in [-0.4, -0.2) is 50.4 Å². The van der Waals surface area contributed by atoms with Gasteiger partial charge >= 0.3 is 28.0 Å². The van der Waals surface area contributed by atoms with Crippen molar-refractivity contribution in [2.45, 2.75) is 35.5 Å². The molecule has 12 nitrogen and oxygen atoms in total. The first kappa shape index (κ1) is 30.7. The highest BCUT2D eigenvalue weighted by Gasteiger charge is 2.25. The molecule has 0 aliphatic carbocycles. The summed E-state index contributed by atoms with van der Waals surface area (Å²) in [5, 5.41) is 0. The maximum atomic E-state index is 12.8. The van der Waals surface area contributed by atoms with E-state index in [-0.39, 0.29) is 29.6 Å². The van der Waals surface area contributed by atoms with Crippen molar-refractivity contribution < 1.29 is 53.8 Å². The fraction of sp³-hybridized carbons (Fsp3) is 0.286. The van der Waals surface area contributed by atoms with Crippen molar-refractivity contribution in [2.24, 2.45) is 0 Å². The van der Waals surface area contributed by atoms with Crippen molar-refractivity contribution in [3.05, 3.63) is 55.2 Å². The number of benzene rings is 1. The summed E-state index contributed by atoms with van der Waals surface area (Å²) in [6, 6.07) is 3.10. The molecule has 15 heteroatoms. The molecule has 0 heterocycles. The normalized spacial score (nSPS) is 11.4. The van der Waals surface area contributed by atoms with Crippen LogP contribution < -0.4 is 0 Å². The van der Waals surface area contributed by atoms with Crippen LogP contribution in [0.5, 0.6) is 0 Å². The van der Waals surface area contributed by atoms with Crippen LogP contribution in [0, 0.1) is 0 Å². The minimum atomic E-state index is -4.71. The smallest absolute Gasteiger partial charge is 0.374 e. The largest absolute Gasteiger partial charge is 0.460 e. The van der Waals surface area contributed by atoms with Gasteiger partial charge in [0.25, 0.3) is 0 Å². The average molecular weight is 565 g/mol. The Bertz CT molecular complexity index is 1170. The van der Waals surface area contributed by atoms with Gasteiger partial charge in [0.2, 0.25) is 28.4 Å². The first-order valence-electron chi connectivity index (χ1n) is 9.98. The zero-order valence-electron chi connectivity index (χ0n) is 19.6. The monoisotopic (exact) mass is 564 g/mol. The summed E-state index contributed by atoms with van der Waals surface area (Å²) in [5.41, 5.74) is 0. The van der Waals surface area contributed by atoms with Crippen molar-refractivity contribution in [3.63, 3.8) is 0 Å². The molecule has 0 fully saturated rings. The molecule has 0 amide bonds. The summed E-state index contributed by atoms with van der Waals surface area (Å²) in [6.07, 6.45) is 0. The summed E-state index contributed by atoms with van der Waals surface area (Å²) >= 11 is -1.99. The average Bonchev–Trinajstić information content (AvgIpc) is 2.82. The third-order valence-electron chi connectivity index (χ3n) is 3.47. The lowest BCUT2D eigenvalue weighted by Gasteiger charge is -2.12. The van der Waals surface area contributed by atoms with Gasteiger partial charge in [-0.15, -0.1) is 0 Å². The predicted molar refractivity (Wildman–Crippen MR) is 126 cm³/mol. The fourth-order valence-corrected chi connectivity index (χ4v) is 4.59. The van der Waals surface area contributed by atoms with Gasteiger partial charge < -0.3 is 26.8 Å². The first-order valence-corrected chi connectivity index (χ1v) is 13.2. The molecule has 0 aromatic heterocycles. The maximum absolute atomic E-state index is 12.8. The van der Waals surface area contributed by atoms with Crippen LogP contribution in [-0.2, 0) is 62.3 Å². The second-order valence-electron chi connectivity index (χ2n) is 6.09. The van der Waals surface area contributed by atoms with Gasteiger partial charge in [0.15, 0.2) is 0 Å². The van der Waals surface area contributed by atoms with Crippen LogP contribution in [0.2, 0.25) is 0 Å². The van der Waals surface area contributed by atoms with Crippen LogP contribution >= 0.6 is 12.0 Å². The van der Waals surface area contributed by atoms with Crippen LogP contribution in [0.3, 0.4) is 0 Å². The molecule has 0 saturated heterocycles. The molecule has 198 valence electrons. The van der Waals surface area contributed by atoms with E-state index in [1.807, 2.05) is 0 Å². The van der Waals surface area contributed by atoms with Crippen LogP contribution in [0.15, 0.2) is 69.9 Å². The van der Waals surface area contributed by atoms with E-state index in [4.69, 9.17) is 22.0 Å². The van der Waals surface area contributed by atoms with Gasteiger partial charge in [-0.3, -0.25) is 0 Å². The highest BCUT2D eigenvalue weighted by Crippen LogP contribution is 2.30. The quantitative estimate of drug-likeness (QED) is 0.0765. The highest BCUT2D eigenvalue weighted by molar-refractivity contribution is 7.95.